The van der Waals surface area contributed by atoms with Crippen molar-refractivity contribution in [2.45, 2.75) is 33.0 Å². The molecule has 0 bridgehead atoms. The molecule has 0 fully saturated rings. The van der Waals surface area contributed by atoms with Crippen molar-refractivity contribution in [1.29, 1.82) is 0 Å². The van der Waals surface area contributed by atoms with Gasteiger partial charge in [-0.3, -0.25) is 0 Å². The van der Waals surface area contributed by atoms with Gasteiger partial charge < -0.3 is 14.2 Å². The van der Waals surface area contributed by atoms with Gasteiger partial charge in [-0.25, -0.2) is 9.59 Å². The van der Waals surface area contributed by atoms with E-state index in [1.54, 1.807) is 20.8 Å². The van der Waals surface area contributed by atoms with Crippen LogP contribution >= 0.6 is 0 Å². The maximum absolute atomic E-state index is 11.4. The van der Waals surface area contributed by atoms with E-state index in [0.717, 1.165) is 5.56 Å². The molecule has 110 valence electrons. The van der Waals surface area contributed by atoms with E-state index in [-0.39, 0.29) is 19.8 Å². The molecule has 1 aromatic rings. The third-order valence-corrected chi connectivity index (χ3v) is 2.10. The number of esters is 2. The highest BCUT2D eigenvalue weighted by Gasteiger charge is 2.16. The number of rotatable bonds is 6. The first-order chi connectivity index (χ1) is 9.37. The molecule has 20 heavy (non-hydrogen) atoms. The van der Waals surface area contributed by atoms with Gasteiger partial charge in [-0.05, 0) is 26.3 Å². The summed E-state index contributed by atoms with van der Waals surface area (Å²) in [5, 5.41) is 0. The number of hydrogen-bond acceptors (Lipinski definition) is 5. The van der Waals surface area contributed by atoms with Gasteiger partial charge in [-0.15, -0.1) is 0 Å². The largest absolute Gasteiger partial charge is 0.459 e. The fraction of sp³-hybridized carbons (Fsp3) is 0.467. The highest BCUT2D eigenvalue weighted by Crippen LogP contribution is 2.06. The van der Waals surface area contributed by atoms with E-state index < -0.39 is 17.5 Å². The Labute approximate surface area is 118 Å². The van der Waals surface area contributed by atoms with Crippen molar-refractivity contribution in [3.05, 3.63) is 35.9 Å². The molecule has 0 spiro atoms. The van der Waals surface area contributed by atoms with Crippen LogP contribution in [0.4, 0.5) is 0 Å². The zero-order chi connectivity index (χ0) is 15.0. The van der Waals surface area contributed by atoms with Crippen LogP contribution in [0.3, 0.4) is 0 Å². The van der Waals surface area contributed by atoms with Gasteiger partial charge in [0.25, 0.3) is 0 Å². The van der Waals surface area contributed by atoms with Crippen LogP contribution in [0.25, 0.3) is 0 Å². The number of hydrogen-bond donors (Lipinski definition) is 0. The van der Waals surface area contributed by atoms with Crippen molar-refractivity contribution in [2.24, 2.45) is 0 Å². The predicted molar refractivity (Wildman–Crippen MR) is 72.9 cm³/mol. The molecule has 1 rings (SSSR count). The lowest BCUT2D eigenvalue weighted by Gasteiger charge is -2.19. The van der Waals surface area contributed by atoms with Gasteiger partial charge in [0.1, 0.15) is 25.4 Å². The lowest BCUT2D eigenvalue weighted by atomic mass is 10.2. The number of benzene rings is 1. The van der Waals surface area contributed by atoms with Gasteiger partial charge >= 0.3 is 11.9 Å². The fourth-order valence-corrected chi connectivity index (χ4v) is 1.37. The van der Waals surface area contributed by atoms with Gasteiger partial charge in [0, 0.05) is 0 Å². The first-order valence-electron chi connectivity index (χ1n) is 6.36. The summed E-state index contributed by atoms with van der Waals surface area (Å²) in [4.78, 5) is 22.7. The molecule has 0 saturated carbocycles. The van der Waals surface area contributed by atoms with Gasteiger partial charge in [0.05, 0.1) is 0 Å². The lowest BCUT2D eigenvalue weighted by molar-refractivity contribution is -0.163. The summed E-state index contributed by atoms with van der Waals surface area (Å²) in [6.07, 6.45) is 0. The molecule has 0 atom stereocenters. The SMILES string of the molecule is CC(C)(C)OC(=O)COCC(=O)OCc1ccccc1. The molecule has 0 aliphatic heterocycles. The zero-order valence-electron chi connectivity index (χ0n) is 12.0. The second kappa shape index (κ2) is 7.65. The Hall–Kier alpha value is -1.88. The summed E-state index contributed by atoms with van der Waals surface area (Å²) in [5.41, 5.74) is 0.335. The Bertz CT molecular complexity index is 433. The summed E-state index contributed by atoms with van der Waals surface area (Å²) in [5.74, 6) is -1.02. The minimum Gasteiger partial charge on any atom is -0.459 e. The Balaban J connectivity index is 2.16. The van der Waals surface area contributed by atoms with Gasteiger partial charge in [0.2, 0.25) is 0 Å². The van der Waals surface area contributed by atoms with E-state index in [1.807, 2.05) is 30.3 Å². The van der Waals surface area contributed by atoms with E-state index in [4.69, 9.17) is 14.2 Å². The van der Waals surface area contributed by atoms with Crippen LogP contribution in [-0.4, -0.2) is 30.8 Å². The van der Waals surface area contributed by atoms with Gasteiger partial charge in [-0.1, -0.05) is 30.3 Å². The zero-order valence-corrected chi connectivity index (χ0v) is 12.0. The van der Waals surface area contributed by atoms with Crippen molar-refractivity contribution in [3.63, 3.8) is 0 Å². The molecule has 0 aliphatic rings. The average molecular weight is 280 g/mol. The second-order valence-corrected chi connectivity index (χ2v) is 5.23. The maximum atomic E-state index is 11.4. The average Bonchev–Trinajstić information content (AvgIpc) is 2.35. The van der Waals surface area contributed by atoms with Crippen LogP contribution < -0.4 is 0 Å². The van der Waals surface area contributed by atoms with Crippen LogP contribution in [0.5, 0.6) is 0 Å². The summed E-state index contributed by atoms with van der Waals surface area (Å²) >= 11 is 0. The Morgan fingerprint density at radius 2 is 1.60 bits per heavy atom. The van der Waals surface area contributed by atoms with E-state index in [0.29, 0.717) is 0 Å². The van der Waals surface area contributed by atoms with Crippen molar-refractivity contribution < 1.29 is 23.8 Å². The predicted octanol–water partition coefficient (Wildman–Crippen LogP) is 2.09. The Morgan fingerprint density at radius 1 is 1.00 bits per heavy atom. The third kappa shape index (κ3) is 7.53. The van der Waals surface area contributed by atoms with E-state index in [9.17, 15) is 9.59 Å². The Kier molecular flexibility index (Phi) is 6.18. The van der Waals surface area contributed by atoms with Crippen LogP contribution in [0.15, 0.2) is 30.3 Å². The standard InChI is InChI=1S/C15H20O5/c1-15(2,3)20-14(17)11-18-10-13(16)19-9-12-7-5-4-6-8-12/h4-8H,9-11H2,1-3H3. The van der Waals surface area contributed by atoms with E-state index in [1.165, 1.54) is 0 Å². The van der Waals surface area contributed by atoms with Crippen molar-refractivity contribution in [3.8, 4) is 0 Å². The highest BCUT2D eigenvalue weighted by molar-refractivity contribution is 5.73. The van der Waals surface area contributed by atoms with E-state index >= 15 is 0 Å². The normalized spacial score (nSPS) is 10.9. The molecule has 5 nitrogen and oxygen atoms in total. The number of carbonyl (C=O) groups is 2. The molecule has 0 N–H and O–H groups in total. The molecule has 0 aliphatic carbocycles. The smallest absolute Gasteiger partial charge is 0.332 e. The first-order valence-corrected chi connectivity index (χ1v) is 6.36. The van der Waals surface area contributed by atoms with Gasteiger partial charge in [0.15, 0.2) is 0 Å². The molecular weight excluding hydrogens is 260 g/mol. The molecule has 0 amide bonds. The molecule has 5 heteroatoms. The summed E-state index contributed by atoms with van der Waals surface area (Å²) < 4.78 is 15.0. The minimum absolute atomic E-state index is 0.190. The van der Waals surface area contributed by atoms with Gasteiger partial charge in [-0.2, -0.15) is 0 Å². The molecule has 0 heterocycles. The molecule has 0 radical (unpaired) electrons. The highest BCUT2D eigenvalue weighted by atomic mass is 16.6. The monoisotopic (exact) mass is 280 g/mol. The first kappa shape index (κ1) is 16.2. The summed E-state index contributed by atoms with van der Waals surface area (Å²) in [6.45, 7) is 4.94. The maximum Gasteiger partial charge on any atom is 0.332 e. The fourth-order valence-electron chi connectivity index (χ4n) is 1.37. The molecule has 0 aromatic heterocycles. The molecule has 0 unspecified atom stereocenters. The van der Waals surface area contributed by atoms with E-state index in [2.05, 4.69) is 0 Å². The van der Waals surface area contributed by atoms with Crippen molar-refractivity contribution in [2.75, 3.05) is 13.2 Å². The van der Waals surface area contributed by atoms with Crippen LogP contribution in [0.1, 0.15) is 26.3 Å². The van der Waals surface area contributed by atoms with Crippen LogP contribution in [-0.2, 0) is 30.4 Å². The second-order valence-electron chi connectivity index (χ2n) is 5.23. The number of ether oxygens (including phenoxy) is 3. The molecular formula is C15H20O5. The summed E-state index contributed by atoms with van der Waals surface area (Å²) in [6, 6.07) is 9.32. The Morgan fingerprint density at radius 3 is 2.20 bits per heavy atom. The molecule has 0 saturated heterocycles. The lowest BCUT2D eigenvalue weighted by Crippen LogP contribution is -2.27. The quantitative estimate of drug-likeness (QED) is 0.747. The van der Waals surface area contributed by atoms with Crippen LogP contribution in [0.2, 0.25) is 0 Å². The van der Waals surface area contributed by atoms with Crippen molar-refractivity contribution >= 4 is 11.9 Å². The van der Waals surface area contributed by atoms with Crippen LogP contribution in [0, 0.1) is 0 Å². The third-order valence-electron chi connectivity index (χ3n) is 2.10. The number of carbonyl (C=O) groups excluding carboxylic acids is 2. The molecule has 1 aromatic carbocycles. The minimum atomic E-state index is -0.561. The topological polar surface area (TPSA) is 61.8 Å². The van der Waals surface area contributed by atoms with Crippen molar-refractivity contribution in [1.82, 2.24) is 0 Å². The summed E-state index contributed by atoms with van der Waals surface area (Å²) in [7, 11) is 0.